The van der Waals surface area contributed by atoms with Crippen molar-refractivity contribution in [1.82, 2.24) is 15.2 Å². The fourth-order valence-corrected chi connectivity index (χ4v) is 4.57. The van der Waals surface area contributed by atoms with E-state index in [0.29, 0.717) is 27.0 Å². The lowest BCUT2D eigenvalue weighted by Crippen LogP contribution is -2.48. The van der Waals surface area contributed by atoms with Gasteiger partial charge in [0.15, 0.2) is 0 Å². The number of hydrogen-bond donors (Lipinski definition) is 3. The number of amides is 3. The molecule has 2 aromatic rings. The summed E-state index contributed by atoms with van der Waals surface area (Å²) in [5.74, 6) is -0.0603. The van der Waals surface area contributed by atoms with Crippen molar-refractivity contribution in [3.05, 3.63) is 52.1 Å². The molecule has 3 N–H and O–H groups in total. The Morgan fingerprint density at radius 1 is 0.968 bits per heavy atom. The smallest absolute Gasteiger partial charge is 0.321 e. The minimum absolute atomic E-state index is 0.204. The van der Waals surface area contributed by atoms with Gasteiger partial charge in [0.05, 0.1) is 16.3 Å². The fraction of sp³-hybridized carbons (Fsp3) is 0.409. The van der Waals surface area contributed by atoms with E-state index in [9.17, 15) is 9.59 Å². The van der Waals surface area contributed by atoms with Crippen molar-refractivity contribution in [3.63, 3.8) is 0 Å². The number of anilines is 2. The molecule has 31 heavy (non-hydrogen) atoms. The van der Waals surface area contributed by atoms with Crippen molar-refractivity contribution < 1.29 is 9.59 Å². The number of likely N-dealkylation sites (tertiary alicyclic amines) is 1. The van der Waals surface area contributed by atoms with Crippen LogP contribution < -0.4 is 16.0 Å². The average Bonchev–Trinajstić information content (AvgIpc) is 2.77. The molecule has 2 aliphatic heterocycles. The number of carbonyl (C=O) groups is 2. The van der Waals surface area contributed by atoms with Crippen LogP contribution in [0.25, 0.3) is 0 Å². The van der Waals surface area contributed by atoms with Gasteiger partial charge in [-0.1, -0.05) is 23.2 Å². The Morgan fingerprint density at radius 2 is 1.68 bits per heavy atom. The zero-order chi connectivity index (χ0) is 21.8. The van der Waals surface area contributed by atoms with Crippen LogP contribution in [0.2, 0.25) is 10.0 Å². The molecule has 2 aliphatic rings. The first-order valence-corrected chi connectivity index (χ1v) is 11.2. The Labute approximate surface area is 191 Å². The third kappa shape index (κ3) is 5.29. The fourth-order valence-electron chi connectivity index (χ4n) is 4.28. The van der Waals surface area contributed by atoms with Gasteiger partial charge in [0, 0.05) is 24.3 Å². The number of piperidine rings is 2. The van der Waals surface area contributed by atoms with Crippen LogP contribution in [-0.2, 0) is 0 Å². The molecule has 0 atom stereocenters. The van der Waals surface area contributed by atoms with E-state index in [1.54, 1.807) is 24.3 Å². The molecule has 3 heterocycles. The molecule has 3 amide bonds. The standard InChI is InChI=1S/C22H25Cl2N5O2/c23-15-1-3-18(17(13-15)20(30)28-19-4-2-16(24)14-26-19)27-21(31)29-11-7-22(8-12-29)5-9-25-10-6-22/h1-4,13-14,25H,5-12H2,(H,27,31)(H,26,28,30). The molecule has 164 valence electrons. The highest BCUT2D eigenvalue weighted by molar-refractivity contribution is 6.31. The zero-order valence-electron chi connectivity index (χ0n) is 17.1. The van der Waals surface area contributed by atoms with Gasteiger partial charge in [0.2, 0.25) is 0 Å². The summed E-state index contributed by atoms with van der Waals surface area (Å²) in [6, 6.07) is 7.86. The summed E-state index contributed by atoms with van der Waals surface area (Å²) in [6.45, 7) is 3.54. The molecule has 0 aliphatic carbocycles. The number of urea groups is 1. The van der Waals surface area contributed by atoms with Gasteiger partial charge in [-0.05, 0) is 74.5 Å². The molecular weight excluding hydrogens is 437 g/mol. The predicted octanol–water partition coefficient (Wildman–Crippen LogP) is 4.64. The van der Waals surface area contributed by atoms with Crippen LogP contribution in [0.1, 0.15) is 36.0 Å². The number of nitrogens with zero attached hydrogens (tertiary/aromatic N) is 2. The number of halogens is 2. The minimum atomic E-state index is -0.417. The maximum atomic E-state index is 12.9. The third-order valence-electron chi connectivity index (χ3n) is 6.21. The molecule has 1 aromatic heterocycles. The Bertz CT molecular complexity index is 951. The molecule has 1 spiro atoms. The van der Waals surface area contributed by atoms with Crippen molar-refractivity contribution in [2.45, 2.75) is 25.7 Å². The number of hydrogen-bond acceptors (Lipinski definition) is 4. The van der Waals surface area contributed by atoms with Gasteiger partial charge in [-0.2, -0.15) is 0 Å². The summed E-state index contributed by atoms with van der Waals surface area (Å²) in [7, 11) is 0. The van der Waals surface area contributed by atoms with Crippen molar-refractivity contribution in [3.8, 4) is 0 Å². The second-order valence-electron chi connectivity index (χ2n) is 8.17. The lowest BCUT2D eigenvalue weighted by atomic mass is 9.72. The molecule has 7 nitrogen and oxygen atoms in total. The van der Waals surface area contributed by atoms with E-state index in [0.717, 1.165) is 39.0 Å². The van der Waals surface area contributed by atoms with E-state index in [-0.39, 0.29) is 11.6 Å². The number of nitrogens with one attached hydrogen (secondary N) is 3. The molecule has 2 saturated heterocycles. The molecule has 4 rings (SSSR count). The Morgan fingerprint density at radius 3 is 2.35 bits per heavy atom. The van der Waals surface area contributed by atoms with Crippen molar-refractivity contribution in [2.24, 2.45) is 5.41 Å². The van der Waals surface area contributed by atoms with E-state index in [4.69, 9.17) is 23.2 Å². The van der Waals surface area contributed by atoms with Gasteiger partial charge >= 0.3 is 6.03 Å². The Kier molecular flexibility index (Phi) is 6.65. The Balaban J connectivity index is 1.43. The topological polar surface area (TPSA) is 86.4 Å². The van der Waals surface area contributed by atoms with Gasteiger partial charge in [-0.3, -0.25) is 4.79 Å². The van der Waals surface area contributed by atoms with Crippen LogP contribution in [0, 0.1) is 5.41 Å². The van der Waals surface area contributed by atoms with Crippen LogP contribution in [0.5, 0.6) is 0 Å². The van der Waals surface area contributed by atoms with Crippen LogP contribution >= 0.6 is 23.2 Å². The van der Waals surface area contributed by atoms with E-state index in [1.165, 1.54) is 25.1 Å². The van der Waals surface area contributed by atoms with E-state index in [2.05, 4.69) is 20.9 Å². The van der Waals surface area contributed by atoms with Crippen LogP contribution in [0.3, 0.4) is 0 Å². The number of aromatic nitrogens is 1. The second-order valence-corrected chi connectivity index (χ2v) is 9.05. The van der Waals surface area contributed by atoms with Gasteiger partial charge in [-0.25, -0.2) is 9.78 Å². The highest BCUT2D eigenvalue weighted by atomic mass is 35.5. The molecule has 0 unspecified atom stereocenters. The summed E-state index contributed by atoms with van der Waals surface area (Å²) < 4.78 is 0. The SMILES string of the molecule is O=C(Nc1ccc(Cl)cn1)c1cc(Cl)ccc1NC(=O)N1CCC2(CCNCC2)CC1. The van der Waals surface area contributed by atoms with Gasteiger partial charge in [0.25, 0.3) is 5.91 Å². The lowest BCUT2D eigenvalue weighted by molar-refractivity contribution is 0.0915. The highest BCUT2D eigenvalue weighted by Crippen LogP contribution is 2.39. The lowest BCUT2D eigenvalue weighted by Gasteiger charge is -2.44. The summed E-state index contributed by atoms with van der Waals surface area (Å²) in [5.41, 5.74) is 1.03. The van der Waals surface area contributed by atoms with Gasteiger partial charge in [0.1, 0.15) is 5.82 Å². The molecule has 0 saturated carbocycles. The van der Waals surface area contributed by atoms with Crippen LogP contribution in [-0.4, -0.2) is 48.0 Å². The van der Waals surface area contributed by atoms with E-state index >= 15 is 0 Å². The molecule has 1 aromatic carbocycles. The first-order valence-electron chi connectivity index (χ1n) is 10.4. The number of benzene rings is 1. The summed E-state index contributed by atoms with van der Waals surface area (Å²) >= 11 is 12.0. The Hall–Kier alpha value is -2.35. The molecule has 0 radical (unpaired) electrons. The number of carbonyl (C=O) groups excluding carboxylic acids is 2. The molecule has 0 bridgehead atoms. The molecule has 2 fully saturated rings. The van der Waals surface area contributed by atoms with Crippen molar-refractivity contribution in [2.75, 3.05) is 36.8 Å². The summed E-state index contributed by atoms with van der Waals surface area (Å²) in [4.78, 5) is 31.6. The first kappa shape index (κ1) is 21.9. The number of rotatable bonds is 3. The largest absolute Gasteiger partial charge is 0.324 e. The normalized spacial score (nSPS) is 17.9. The molecular formula is C22H25Cl2N5O2. The third-order valence-corrected chi connectivity index (χ3v) is 6.67. The number of pyridine rings is 1. The maximum absolute atomic E-state index is 12.9. The van der Waals surface area contributed by atoms with Gasteiger partial charge < -0.3 is 20.9 Å². The monoisotopic (exact) mass is 461 g/mol. The van der Waals surface area contributed by atoms with E-state index < -0.39 is 5.91 Å². The highest BCUT2D eigenvalue weighted by Gasteiger charge is 2.36. The maximum Gasteiger partial charge on any atom is 0.321 e. The van der Waals surface area contributed by atoms with Crippen LogP contribution in [0.4, 0.5) is 16.3 Å². The van der Waals surface area contributed by atoms with E-state index in [1.807, 2.05) is 4.90 Å². The minimum Gasteiger partial charge on any atom is -0.324 e. The summed E-state index contributed by atoms with van der Waals surface area (Å²) in [5, 5.41) is 9.88. The van der Waals surface area contributed by atoms with Crippen molar-refractivity contribution >= 4 is 46.6 Å². The quantitative estimate of drug-likeness (QED) is 0.621. The first-order chi connectivity index (χ1) is 14.9. The predicted molar refractivity (Wildman–Crippen MR) is 123 cm³/mol. The second kappa shape index (κ2) is 9.42. The van der Waals surface area contributed by atoms with Crippen LogP contribution in [0.15, 0.2) is 36.5 Å². The van der Waals surface area contributed by atoms with Gasteiger partial charge in [-0.15, -0.1) is 0 Å². The molecule has 9 heteroatoms. The van der Waals surface area contributed by atoms with Crippen molar-refractivity contribution in [1.29, 1.82) is 0 Å². The zero-order valence-corrected chi connectivity index (χ0v) is 18.6. The summed E-state index contributed by atoms with van der Waals surface area (Å²) in [6.07, 6.45) is 5.81. The average molecular weight is 462 g/mol.